The number of pyridine rings is 1. The normalized spacial score (nSPS) is 12.3. The topological polar surface area (TPSA) is 41.9 Å². The maximum absolute atomic E-state index is 13.8. The molecule has 1 heterocycles. The molecule has 0 saturated carbocycles. The lowest BCUT2D eigenvalue weighted by atomic mass is 10.1. The quantitative estimate of drug-likeness (QED) is 0.381. The van der Waals surface area contributed by atoms with Crippen molar-refractivity contribution in [2.24, 2.45) is 0 Å². The zero-order valence-electron chi connectivity index (χ0n) is 11.8. The Kier molecular flexibility index (Phi) is 4.59. The summed E-state index contributed by atoms with van der Waals surface area (Å²) in [5, 5.41) is 2.49. The Labute approximate surface area is 131 Å². The maximum Gasteiger partial charge on any atom is 0.425 e. The Hall–Kier alpha value is -2.52. The summed E-state index contributed by atoms with van der Waals surface area (Å²) in [5.74, 6) is -1.53. The van der Waals surface area contributed by atoms with Gasteiger partial charge in [-0.25, -0.2) is 0 Å². The molecule has 0 aliphatic carbocycles. The first-order valence-electron chi connectivity index (χ1n) is 6.46. The molecule has 0 amide bonds. The highest BCUT2D eigenvalue weighted by molar-refractivity contribution is 5.66. The Morgan fingerprint density at radius 2 is 1.67 bits per heavy atom. The fourth-order valence-corrected chi connectivity index (χ4v) is 1.94. The summed E-state index contributed by atoms with van der Waals surface area (Å²) in [4.78, 5) is 0. The molecule has 3 nitrogen and oxygen atoms in total. The van der Waals surface area contributed by atoms with Crippen molar-refractivity contribution in [2.45, 2.75) is 19.0 Å². The molecule has 0 radical (unpaired) electrons. The van der Waals surface area contributed by atoms with Crippen LogP contribution in [0.15, 0.2) is 36.5 Å². The van der Waals surface area contributed by atoms with E-state index in [-0.39, 0.29) is 11.4 Å². The van der Waals surface area contributed by atoms with Crippen molar-refractivity contribution >= 4 is 11.4 Å². The first-order valence-corrected chi connectivity index (χ1v) is 6.46. The van der Waals surface area contributed by atoms with E-state index in [1.165, 1.54) is 0 Å². The molecule has 0 atom stereocenters. The molecule has 24 heavy (non-hydrogen) atoms. The third kappa shape index (κ3) is 3.87. The maximum atomic E-state index is 13.8. The Morgan fingerprint density at radius 1 is 1.00 bits per heavy atom. The summed E-state index contributed by atoms with van der Waals surface area (Å²) >= 11 is 0. The van der Waals surface area contributed by atoms with Gasteiger partial charge in [-0.1, -0.05) is 0 Å². The van der Waals surface area contributed by atoms with E-state index < -0.39 is 36.1 Å². The second-order valence-corrected chi connectivity index (χ2v) is 4.81. The molecule has 0 aliphatic rings. The number of halogens is 7. The lowest BCUT2D eigenvalue weighted by molar-refractivity contribution is -0.719. The van der Waals surface area contributed by atoms with Crippen LogP contribution < -0.4 is 15.6 Å². The predicted molar refractivity (Wildman–Crippen MR) is 71.1 cm³/mol. The minimum atomic E-state index is -4.86. The van der Waals surface area contributed by atoms with Crippen molar-refractivity contribution in [3.8, 4) is 0 Å². The summed E-state index contributed by atoms with van der Waals surface area (Å²) in [6.07, 6.45) is -8.38. The number of nitrogen functional groups attached to an aromatic ring is 1. The van der Waals surface area contributed by atoms with Gasteiger partial charge < -0.3 is 11.1 Å². The summed E-state index contributed by atoms with van der Waals surface area (Å²) < 4.78 is 89.8. The van der Waals surface area contributed by atoms with Gasteiger partial charge in [0.25, 0.3) is 0 Å². The third-order valence-electron chi connectivity index (χ3n) is 3.13. The number of nitrogens with two attached hydrogens (primary N) is 1. The average molecular weight is 354 g/mol. The van der Waals surface area contributed by atoms with Crippen LogP contribution in [0.4, 0.5) is 42.1 Å². The van der Waals surface area contributed by atoms with Crippen molar-refractivity contribution in [3.05, 3.63) is 53.6 Å². The van der Waals surface area contributed by atoms with Crippen LogP contribution in [-0.4, -0.2) is 0 Å². The molecule has 0 bridgehead atoms. The summed E-state index contributed by atoms with van der Waals surface area (Å²) in [7, 11) is 0. The Balaban J connectivity index is 2.20. The van der Waals surface area contributed by atoms with Crippen molar-refractivity contribution in [2.75, 3.05) is 11.1 Å². The smallest absolute Gasteiger partial charge is 0.397 e. The summed E-state index contributed by atoms with van der Waals surface area (Å²) in [5.41, 5.74) is 2.82. The second-order valence-electron chi connectivity index (χ2n) is 4.81. The molecule has 0 aliphatic heterocycles. The number of hydrogen-bond acceptors (Lipinski definition) is 2. The number of rotatable bonds is 3. The molecule has 3 N–H and O–H groups in total. The molecular weight excluding hydrogens is 343 g/mol. The van der Waals surface area contributed by atoms with E-state index in [2.05, 4.69) is 5.32 Å². The van der Waals surface area contributed by atoms with Gasteiger partial charge in [0.2, 0.25) is 6.67 Å². The summed E-state index contributed by atoms with van der Waals surface area (Å²) in [6.45, 7) is -0.453. The fourth-order valence-electron chi connectivity index (χ4n) is 1.94. The number of alkyl halides is 6. The second kappa shape index (κ2) is 6.17. The molecule has 0 spiro atoms. The molecule has 1 aromatic carbocycles. The number of benzene rings is 1. The predicted octanol–water partition coefficient (Wildman–Crippen LogP) is 3.80. The molecule has 130 valence electrons. The van der Waals surface area contributed by atoms with Crippen molar-refractivity contribution in [1.29, 1.82) is 0 Å². The number of anilines is 2. The van der Waals surface area contributed by atoms with Gasteiger partial charge in [-0.3, -0.25) is 0 Å². The van der Waals surface area contributed by atoms with Gasteiger partial charge in [0.1, 0.15) is 0 Å². The van der Waals surface area contributed by atoms with E-state index in [0.29, 0.717) is 16.7 Å². The van der Waals surface area contributed by atoms with Gasteiger partial charge in [-0.15, -0.1) is 4.39 Å². The van der Waals surface area contributed by atoms with Crippen molar-refractivity contribution < 1.29 is 35.3 Å². The monoisotopic (exact) mass is 354 g/mol. The zero-order valence-corrected chi connectivity index (χ0v) is 11.8. The molecule has 2 aromatic rings. The zero-order chi connectivity index (χ0) is 18.1. The highest BCUT2D eigenvalue weighted by Gasteiger charge is 2.38. The van der Waals surface area contributed by atoms with Gasteiger partial charge >= 0.3 is 18.3 Å². The van der Waals surface area contributed by atoms with Gasteiger partial charge in [0.05, 0.1) is 16.9 Å². The van der Waals surface area contributed by atoms with Crippen LogP contribution >= 0.6 is 0 Å². The van der Waals surface area contributed by atoms with E-state index in [0.717, 1.165) is 24.4 Å². The molecule has 0 saturated heterocycles. The molecule has 0 unspecified atom stereocenters. The lowest BCUT2D eigenvalue weighted by Crippen LogP contribution is -2.43. The standard InChI is InChI=1S/C14H11F7N3/c15-12-9(14(19,20)21)2-1-5-24(12)7-23-11-4-3-8(6-10(11)22)13(16,17)18/h1-6,23H,7,22H2/q+1. The van der Waals surface area contributed by atoms with Gasteiger partial charge in [0, 0.05) is 6.07 Å². The van der Waals surface area contributed by atoms with Gasteiger partial charge in [0.15, 0.2) is 11.8 Å². The molecule has 10 heteroatoms. The SMILES string of the molecule is Nc1cc(C(F)(F)F)ccc1NC[n+]1cccc(C(F)(F)F)c1F. The highest BCUT2D eigenvalue weighted by Crippen LogP contribution is 2.33. The van der Waals surface area contributed by atoms with Crippen molar-refractivity contribution in [1.82, 2.24) is 0 Å². The van der Waals surface area contributed by atoms with Crippen LogP contribution in [0.25, 0.3) is 0 Å². The largest absolute Gasteiger partial charge is 0.425 e. The summed E-state index contributed by atoms with van der Waals surface area (Å²) in [6, 6.07) is 4.04. The van der Waals surface area contributed by atoms with E-state index in [1.54, 1.807) is 0 Å². The van der Waals surface area contributed by atoms with E-state index in [9.17, 15) is 30.7 Å². The number of nitrogens with zero attached hydrogens (tertiary/aromatic N) is 1. The molecular formula is C14H11F7N3+. The van der Waals surface area contributed by atoms with E-state index in [4.69, 9.17) is 5.73 Å². The lowest BCUT2D eigenvalue weighted by Gasteiger charge is -2.12. The van der Waals surface area contributed by atoms with Crippen LogP contribution in [0.2, 0.25) is 0 Å². The fraction of sp³-hybridized carbons (Fsp3) is 0.214. The Bertz CT molecular complexity index is 738. The first kappa shape index (κ1) is 17.8. The van der Waals surface area contributed by atoms with Crippen LogP contribution in [0.5, 0.6) is 0 Å². The Morgan fingerprint density at radius 3 is 2.21 bits per heavy atom. The minimum absolute atomic E-state index is 0.0345. The molecule has 0 fully saturated rings. The van der Waals surface area contributed by atoms with Gasteiger partial charge in [-0.05, 0) is 24.3 Å². The number of hydrogen-bond donors (Lipinski definition) is 2. The molecule has 2 rings (SSSR count). The van der Waals surface area contributed by atoms with Crippen LogP contribution in [0.1, 0.15) is 11.1 Å². The average Bonchev–Trinajstić information content (AvgIpc) is 2.45. The van der Waals surface area contributed by atoms with Crippen LogP contribution in [0, 0.1) is 5.95 Å². The highest BCUT2D eigenvalue weighted by atomic mass is 19.4. The number of nitrogens with one attached hydrogen (secondary N) is 1. The number of aromatic nitrogens is 1. The van der Waals surface area contributed by atoms with Gasteiger partial charge in [-0.2, -0.15) is 30.9 Å². The van der Waals surface area contributed by atoms with E-state index in [1.807, 2.05) is 0 Å². The van der Waals surface area contributed by atoms with Crippen molar-refractivity contribution in [3.63, 3.8) is 0 Å². The van der Waals surface area contributed by atoms with Crippen LogP contribution in [-0.2, 0) is 19.0 Å². The molecule has 1 aromatic heterocycles. The van der Waals surface area contributed by atoms with Crippen LogP contribution in [0.3, 0.4) is 0 Å². The third-order valence-corrected chi connectivity index (χ3v) is 3.13. The van der Waals surface area contributed by atoms with E-state index >= 15 is 0 Å². The minimum Gasteiger partial charge on any atom is -0.397 e. The first-order chi connectivity index (χ1) is 11.0.